The summed E-state index contributed by atoms with van der Waals surface area (Å²) in [5.74, 6) is -0.990. The third kappa shape index (κ3) is 4.17. The smallest absolute Gasteiger partial charge is 0.430 e. The van der Waals surface area contributed by atoms with E-state index in [4.69, 9.17) is 21.1 Å². The molecule has 0 bridgehead atoms. The highest BCUT2D eigenvalue weighted by Crippen LogP contribution is 2.43. The molecule has 1 unspecified atom stereocenters. The van der Waals surface area contributed by atoms with Crippen LogP contribution in [0.3, 0.4) is 0 Å². The minimum atomic E-state index is -4.74. The number of halogens is 4. The highest BCUT2D eigenvalue weighted by molar-refractivity contribution is 6.31. The van der Waals surface area contributed by atoms with Gasteiger partial charge in [-0.25, -0.2) is 4.79 Å². The monoisotopic (exact) mass is 390 g/mol. The summed E-state index contributed by atoms with van der Waals surface area (Å²) in [4.78, 5) is 12.0. The molecule has 0 amide bonds. The maximum absolute atomic E-state index is 13.4. The fourth-order valence-corrected chi connectivity index (χ4v) is 3.55. The van der Waals surface area contributed by atoms with Crippen LogP contribution >= 0.6 is 11.6 Å². The second-order valence-corrected chi connectivity index (χ2v) is 7.27. The number of hydrogen-bond acceptors (Lipinski definition) is 3. The summed E-state index contributed by atoms with van der Waals surface area (Å²) in [6, 6.07) is 3.08. The molecule has 144 valence electrons. The minimum Gasteiger partial charge on any atom is -0.475 e. The number of carbonyl (C=O) groups excluding carboxylic acids is 1. The van der Waals surface area contributed by atoms with E-state index in [9.17, 15) is 18.0 Å². The zero-order chi connectivity index (χ0) is 19.7. The van der Waals surface area contributed by atoms with Crippen LogP contribution in [0.15, 0.2) is 17.7 Å². The Morgan fingerprint density at radius 1 is 1.27 bits per heavy atom. The maximum atomic E-state index is 13.4. The zero-order valence-corrected chi connectivity index (χ0v) is 15.9. The first kappa shape index (κ1) is 20.6. The number of alkyl halides is 3. The lowest BCUT2D eigenvalue weighted by Crippen LogP contribution is -2.41. The van der Waals surface area contributed by atoms with Gasteiger partial charge >= 0.3 is 12.1 Å². The lowest BCUT2D eigenvalue weighted by Gasteiger charge is -2.31. The number of rotatable bonds is 5. The van der Waals surface area contributed by atoms with Gasteiger partial charge < -0.3 is 9.47 Å². The van der Waals surface area contributed by atoms with Crippen molar-refractivity contribution in [2.75, 3.05) is 6.61 Å². The fourth-order valence-electron chi connectivity index (χ4n) is 3.12. The van der Waals surface area contributed by atoms with Gasteiger partial charge in [0.1, 0.15) is 5.75 Å². The van der Waals surface area contributed by atoms with Crippen LogP contribution in [-0.4, -0.2) is 24.9 Å². The minimum absolute atomic E-state index is 0.0293. The van der Waals surface area contributed by atoms with E-state index in [-0.39, 0.29) is 17.8 Å². The molecule has 0 saturated heterocycles. The van der Waals surface area contributed by atoms with Crippen molar-refractivity contribution in [2.45, 2.75) is 58.2 Å². The van der Waals surface area contributed by atoms with Gasteiger partial charge in [0, 0.05) is 10.6 Å². The molecule has 0 radical (unpaired) electrons. The van der Waals surface area contributed by atoms with Crippen molar-refractivity contribution in [1.82, 2.24) is 0 Å². The normalized spacial score (nSPS) is 17.2. The average Bonchev–Trinajstić information content (AvgIpc) is 2.52. The molecule has 1 heterocycles. The molecule has 3 nitrogen and oxygen atoms in total. The van der Waals surface area contributed by atoms with Crippen molar-refractivity contribution < 1.29 is 27.4 Å². The molecule has 1 aromatic rings. The Morgan fingerprint density at radius 2 is 1.92 bits per heavy atom. The molecule has 0 spiro atoms. The van der Waals surface area contributed by atoms with Gasteiger partial charge in [-0.05, 0) is 42.5 Å². The van der Waals surface area contributed by atoms with Crippen LogP contribution in [0.4, 0.5) is 13.2 Å². The van der Waals surface area contributed by atoms with Gasteiger partial charge in [-0.15, -0.1) is 0 Å². The largest absolute Gasteiger partial charge is 0.475 e. The van der Waals surface area contributed by atoms with Gasteiger partial charge in [0.2, 0.25) is 6.10 Å². The van der Waals surface area contributed by atoms with Crippen LogP contribution in [0, 0.1) is 0 Å². The van der Waals surface area contributed by atoms with E-state index in [1.807, 2.05) is 20.8 Å². The first-order chi connectivity index (χ1) is 12.0. The molecule has 1 aromatic carbocycles. The number of carbonyl (C=O) groups is 1. The summed E-state index contributed by atoms with van der Waals surface area (Å²) in [7, 11) is 0. The molecule has 0 fully saturated rings. The molecule has 1 aliphatic rings. The van der Waals surface area contributed by atoms with Gasteiger partial charge in [0.25, 0.3) is 0 Å². The van der Waals surface area contributed by atoms with Crippen LogP contribution in [-0.2, 0) is 14.9 Å². The highest BCUT2D eigenvalue weighted by atomic mass is 35.5. The van der Waals surface area contributed by atoms with Crippen molar-refractivity contribution in [2.24, 2.45) is 0 Å². The Bertz CT molecular complexity index is 723. The van der Waals surface area contributed by atoms with Crippen LogP contribution < -0.4 is 4.74 Å². The first-order valence-corrected chi connectivity index (χ1v) is 8.85. The second kappa shape index (κ2) is 7.51. The molecule has 0 aliphatic carbocycles. The van der Waals surface area contributed by atoms with Gasteiger partial charge in [-0.2, -0.15) is 13.2 Å². The Morgan fingerprint density at radius 3 is 2.46 bits per heavy atom. The van der Waals surface area contributed by atoms with Gasteiger partial charge in [-0.3, -0.25) is 0 Å². The maximum Gasteiger partial charge on any atom is 0.430 e. The van der Waals surface area contributed by atoms with Gasteiger partial charge in [-0.1, -0.05) is 38.8 Å². The van der Waals surface area contributed by atoms with Crippen LogP contribution in [0.25, 0.3) is 6.08 Å². The van der Waals surface area contributed by atoms with E-state index in [1.165, 1.54) is 13.0 Å². The Hall–Kier alpha value is -1.69. The fraction of sp³-hybridized carbons (Fsp3) is 0.526. The van der Waals surface area contributed by atoms with E-state index in [2.05, 4.69) is 0 Å². The molecular weight excluding hydrogens is 369 g/mol. The summed E-state index contributed by atoms with van der Waals surface area (Å²) < 4.78 is 50.2. The molecule has 0 saturated carbocycles. The summed E-state index contributed by atoms with van der Waals surface area (Å²) in [6.45, 7) is 7.48. The lowest BCUT2D eigenvalue weighted by molar-refractivity contribution is -0.187. The summed E-state index contributed by atoms with van der Waals surface area (Å²) in [6.07, 6.45) is -4.23. The summed E-state index contributed by atoms with van der Waals surface area (Å²) in [5.41, 5.74) is 0.148. The Balaban J connectivity index is 2.56. The Kier molecular flexibility index (Phi) is 5.95. The number of benzene rings is 1. The van der Waals surface area contributed by atoms with Crippen LogP contribution in [0.2, 0.25) is 5.02 Å². The first-order valence-electron chi connectivity index (χ1n) is 8.47. The van der Waals surface area contributed by atoms with E-state index >= 15 is 0 Å². The van der Waals surface area contributed by atoms with E-state index in [1.54, 1.807) is 6.07 Å². The number of ether oxygens (including phenoxy) is 2. The van der Waals surface area contributed by atoms with E-state index in [0.717, 1.165) is 18.9 Å². The van der Waals surface area contributed by atoms with Gasteiger partial charge in [0.05, 0.1) is 12.2 Å². The molecule has 7 heteroatoms. The molecule has 26 heavy (non-hydrogen) atoms. The predicted octanol–water partition coefficient (Wildman–Crippen LogP) is 5.69. The standard InChI is InChI=1S/C19H22ClF3O3/c1-5-7-18(3,4)13-10-15-11(9-14(13)20)8-12(17(24)25-6-2)16(26-15)19(21,22)23/h8-10,16H,5-7H2,1-4H3. The summed E-state index contributed by atoms with van der Waals surface area (Å²) >= 11 is 6.37. The quantitative estimate of drug-likeness (QED) is 0.606. The molecule has 0 N–H and O–H groups in total. The highest BCUT2D eigenvalue weighted by Gasteiger charge is 2.49. The SMILES string of the molecule is CCCC(C)(C)c1cc2c(cc1Cl)C=C(C(=O)OCC)C(C(F)(F)F)O2. The Labute approximate surface area is 156 Å². The predicted molar refractivity (Wildman–Crippen MR) is 94.5 cm³/mol. The molecule has 0 aromatic heterocycles. The van der Waals surface area contributed by atoms with Crippen LogP contribution in [0.1, 0.15) is 51.7 Å². The van der Waals surface area contributed by atoms with Crippen molar-refractivity contribution in [1.29, 1.82) is 0 Å². The molecule has 1 aliphatic heterocycles. The van der Waals surface area contributed by atoms with Crippen molar-refractivity contribution in [3.8, 4) is 5.75 Å². The van der Waals surface area contributed by atoms with Crippen molar-refractivity contribution >= 4 is 23.6 Å². The zero-order valence-electron chi connectivity index (χ0n) is 15.2. The molecule has 1 atom stereocenters. The number of fused-ring (bicyclic) bond motifs is 1. The topological polar surface area (TPSA) is 35.5 Å². The van der Waals surface area contributed by atoms with E-state index in [0.29, 0.717) is 16.1 Å². The van der Waals surface area contributed by atoms with Crippen molar-refractivity contribution in [3.63, 3.8) is 0 Å². The number of esters is 1. The number of hydrogen-bond donors (Lipinski definition) is 0. The average molecular weight is 391 g/mol. The third-order valence-corrected chi connectivity index (χ3v) is 4.66. The molecular formula is C19H22ClF3O3. The molecule has 2 rings (SSSR count). The lowest BCUT2D eigenvalue weighted by atomic mass is 9.80. The van der Waals surface area contributed by atoms with E-state index < -0.39 is 23.8 Å². The second-order valence-electron chi connectivity index (χ2n) is 6.86. The van der Waals surface area contributed by atoms with Crippen LogP contribution in [0.5, 0.6) is 5.75 Å². The summed E-state index contributed by atoms with van der Waals surface area (Å²) in [5, 5.41) is 0.427. The third-order valence-electron chi connectivity index (χ3n) is 4.35. The van der Waals surface area contributed by atoms with Crippen molar-refractivity contribution in [3.05, 3.63) is 33.9 Å². The van der Waals surface area contributed by atoms with Gasteiger partial charge in [0.15, 0.2) is 0 Å².